The minimum atomic E-state index is -0.471. The number of hydrogen-bond acceptors (Lipinski definition) is 3. The zero-order chi connectivity index (χ0) is 12.3. The second-order valence-electron chi connectivity index (χ2n) is 5.05. The average Bonchev–Trinajstić information content (AvgIpc) is 2.62. The summed E-state index contributed by atoms with van der Waals surface area (Å²) in [6.45, 7) is 10.4. The van der Waals surface area contributed by atoms with E-state index < -0.39 is 5.60 Å². The van der Waals surface area contributed by atoms with Crippen LogP contribution < -0.4 is 0 Å². The Bertz CT molecular complexity index is 336. The molecule has 1 unspecified atom stereocenters. The summed E-state index contributed by atoms with van der Waals surface area (Å²) in [5.74, 6) is 0.0949. The van der Waals surface area contributed by atoms with Gasteiger partial charge in [-0.1, -0.05) is 6.58 Å². The largest absolute Gasteiger partial charge is 0.444 e. The van der Waals surface area contributed by atoms with Crippen molar-refractivity contribution in [3.05, 3.63) is 12.2 Å². The van der Waals surface area contributed by atoms with Crippen molar-refractivity contribution in [2.24, 2.45) is 5.92 Å². The smallest absolute Gasteiger partial charge is 0.410 e. The molecule has 1 saturated heterocycles. The van der Waals surface area contributed by atoms with E-state index in [4.69, 9.17) is 10.00 Å². The number of hydrogen-bond donors (Lipinski definition) is 0. The molecule has 0 aromatic carbocycles. The van der Waals surface area contributed by atoms with Gasteiger partial charge in [0.25, 0.3) is 0 Å². The third-order valence-electron chi connectivity index (χ3n) is 2.48. The molecule has 0 radical (unpaired) electrons. The molecule has 0 bridgehead atoms. The van der Waals surface area contributed by atoms with Crippen LogP contribution in [0.5, 0.6) is 0 Å². The maximum Gasteiger partial charge on any atom is 0.410 e. The zero-order valence-corrected chi connectivity index (χ0v) is 10.1. The van der Waals surface area contributed by atoms with Crippen molar-refractivity contribution >= 4 is 6.09 Å². The molecule has 4 nitrogen and oxygen atoms in total. The van der Waals surface area contributed by atoms with E-state index in [0.29, 0.717) is 18.7 Å². The zero-order valence-electron chi connectivity index (χ0n) is 10.1. The highest BCUT2D eigenvalue weighted by molar-refractivity contribution is 5.68. The predicted octanol–water partition coefficient (Wildman–Crippen LogP) is 2.32. The van der Waals surface area contributed by atoms with Gasteiger partial charge < -0.3 is 9.64 Å². The van der Waals surface area contributed by atoms with Crippen LogP contribution in [0.3, 0.4) is 0 Å². The Hall–Kier alpha value is -1.50. The highest BCUT2D eigenvalue weighted by Gasteiger charge is 2.30. The fraction of sp³-hybridized carbons (Fsp3) is 0.667. The summed E-state index contributed by atoms with van der Waals surface area (Å²) in [6.07, 6.45) is 0.492. The molecule has 1 rings (SSSR count). The van der Waals surface area contributed by atoms with Crippen molar-refractivity contribution in [1.82, 2.24) is 4.90 Å². The molecular formula is C12H18N2O2. The van der Waals surface area contributed by atoms with Crippen LogP contribution in [-0.4, -0.2) is 29.7 Å². The number of likely N-dealkylation sites (tertiary alicyclic amines) is 1. The number of nitrogens with zero attached hydrogens (tertiary/aromatic N) is 2. The van der Waals surface area contributed by atoms with E-state index in [1.807, 2.05) is 26.8 Å². The lowest BCUT2D eigenvalue weighted by Crippen LogP contribution is -2.35. The summed E-state index contributed by atoms with van der Waals surface area (Å²) < 4.78 is 5.26. The van der Waals surface area contributed by atoms with Crippen molar-refractivity contribution in [2.45, 2.75) is 32.8 Å². The van der Waals surface area contributed by atoms with Crippen LogP contribution in [0, 0.1) is 17.2 Å². The molecule has 1 amide bonds. The number of rotatable bonds is 1. The first kappa shape index (κ1) is 12.6. The fourth-order valence-electron chi connectivity index (χ4n) is 1.63. The number of amides is 1. The van der Waals surface area contributed by atoms with Gasteiger partial charge in [-0.05, 0) is 27.2 Å². The first-order valence-electron chi connectivity index (χ1n) is 5.40. The van der Waals surface area contributed by atoms with Gasteiger partial charge in [0.1, 0.15) is 5.60 Å². The molecular weight excluding hydrogens is 204 g/mol. The monoisotopic (exact) mass is 222 g/mol. The molecule has 1 atom stereocenters. The van der Waals surface area contributed by atoms with Crippen molar-refractivity contribution < 1.29 is 9.53 Å². The first-order chi connectivity index (χ1) is 7.33. The summed E-state index contributed by atoms with van der Waals surface area (Å²) in [6, 6.07) is 2.04. The Labute approximate surface area is 96.5 Å². The number of nitriles is 1. The normalized spacial score (nSPS) is 20.4. The lowest BCUT2D eigenvalue weighted by atomic mass is 10.0. The van der Waals surface area contributed by atoms with Crippen LogP contribution >= 0.6 is 0 Å². The van der Waals surface area contributed by atoms with Crippen LogP contribution in [0.15, 0.2) is 12.2 Å². The Morgan fingerprint density at radius 3 is 2.69 bits per heavy atom. The van der Waals surface area contributed by atoms with Gasteiger partial charge in [-0.2, -0.15) is 5.26 Å². The lowest BCUT2D eigenvalue weighted by Gasteiger charge is -2.24. The summed E-state index contributed by atoms with van der Waals surface area (Å²) in [4.78, 5) is 13.3. The summed E-state index contributed by atoms with van der Waals surface area (Å²) in [7, 11) is 0. The molecule has 0 saturated carbocycles. The van der Waals surface area contributed by atoms with Crippen LogP contribution in [0.2, 0.25) is 0 Å². The van der Waals surface area contributed by atoms with Gasteiger partial charge in [0.2, 0.25) is 0 Å². The SMILES string of the molecule is C=C(C#N)C1CCN(C(=O)OC(C)(C)C)C1. The maximum atomic E-state index is 11.7. The molecule has 1 heterocycles. The van der Waals surface area contributed by atoms with Crippen molar-refractivity contribution in [3.8, 4) is 6.07 Å². The summed E-state index contributed by atoms with van der Waals surface area (Å²) in [5, 5.41) is 8.72. The summed E-state index contributed by atoms with van der Waals surface area (Å²) >= 11 is 0. The molecule has 0 aromatic heterocycles. The standard InChI is InChI=1S/C12H18N2O2/c1-9(7-13)10-5-6-14(8-10)11(15)16-12(2,3)4/h10H,1,5-6,8H2,2-4H3. The molecule has 1 fully saturated rings. The molecule has 1 aliphatic heterocycles. The Morgan fingerprint density at radius 1 is 1.56 bits per heavy atom. The quantitative estimate of drug-likeness (QED) is 0.640. The van der Waals surface area contributed by atoms with Gasteiger partial charge in [0, 0.05) is 24.6 Å². The minimum absolute atomic E-state index is 0.0949. The van der Waals surface area contributed by atoms with E-state index in [1.54, 1.807) is 4.90 Å². The van der Waals surface area contributed by atoms with Gasteiger partial charge in [0.05, 0.1) is 6.07 Å². The lowest BCUT2D eigenvalue weighted by molar-refractivity contribution is 0.0290. The van der Waals surface area contributed by atoms with Crippen LogP contribution in [0.1, 0.15) is 27.2 Å². The highest BCUT2D eigenvalue weighted by atomic mass is 16.6. The second-order valence-corrected chi connectivity index (χ2v) is 5.05. The Balaban J connectivity index is 2.51. The van der Waals surface area contributed by atoms with Crippen LogP contribution in [0.25, 0.3) is 0 Å². The number of carbonyl (C=O) groups is 1. The van der Waals surface area contributed by atoms with E-state index >= 15 is 0 Å². The molecule has 1 aliphatic rings. The Kier molecular flexibility index (Phi) is 3.58. The Morgan fingerprint density at radius 2 is 2.19 bits per heavy atom. The van der Waals surface area contributed by atoms with E-state index in [1.165, 1.54) is 0 Å². The molecule has 4 heteroatoms. The number of ether oxygens (including phenoxy) is 1. The molecule has 0 aromatic rings. The average molecular weight is 222 g/mol. The second kappa shape index (κ2) is 4.56. The van der Waals surface area contributed by atoms with Gasteiger partial charge in [-0.3, -0.25) is 0 Å². The highest BCUT2D eigenvalue weighted by Crippen LogP contribution is 2.23. The van der Waals surface area contributed by atoms with Crippen LogP contribution in [-0.2, 0) is 4.74 Å². The van der Waals surface area contributed by atoms with E-state index in [0.717, 1.165) is 6.42 Å². The molecule has 16 heavy (non-hydrogen) atoms. The molecule has 0 spiro atoms. The van der Waals surface area contributed by atoms with Gasteiger partial charge in [-0.15, -0.1) is 0 Å². The first-order valence-corrected chi connectivity index (χ1v) is 5.40. The van der Waals surface area contributed by atoms with Crippen molar-refractivity contribution in [1.29, 1.82) is 5.26 Å². The predicted molar refractivity (Wildman–Crippen MR) is 60.7 cm³/mol. The van der Waals surface area contributed by atoms with Crippen molar-refractivity contribution in [2.75, 3.05) is 13.1 Å². The maximum absolute atomic E-state index is 11.7. The third-order valence-corrected chi connectivity index (χ3v) is 2.48. The van der Waals surface area contributed by atoms with E-state index in [2.05, 4.69) is 6.58 Å². The third kappa shape index (κ3) is 3.27. The fourth-order valence-corrected chi connectivity index (χ4v) is 1.63. The van der Waals surface area contributed by atoms with Gasteiger partial charge in [-0.25, -0.2) is 4.79 Å². The van der Waals surface area contributed by atoms with Crippen molar-refractivity contribution in [3.63, 3.8) is 0 Å². The minimum Gasteiger partial charge on any atom is -0.444 e. The topological polar surface area (TPSA) is 53.3 Å². The number of carbonyl (C=O) groups excluding carboxylic acids is 1. The van der Waals surface area contributed by atoms with Crippen LogP contribution in [0.4, 0.5) is 4.79 Å². The van der Waals surface area contributed by atoms with E-state index in [9.17, 15) is 4.79 Å². The van der Waals surface area contributed by atoms with Gasteiger partial charge >= 0.3 is 6.09 Å². The molecule has 0 N–H and O–H groups in total. The summed E-state index contributed by atoms with van der Waals surface area (Å²) in [5.41, 5.74) is 0.0765. The molecule has 0 aliphatic carbocycles. The van der Waals surface area contributed by atoms with Gasteiger partial charge in [0.15, 0.2) is 0 Å². The molecule has 88 valence electrons. The van der Waals surface area contributed by atoms with E-state index in [-0.39, 0.29) is 12.0 Å².